The molecule has 5 aliphatic rings. The third-order valence-electron chi connectivity index (χ3n) is 8.21. The highest BCUT2D eigenvalue weighted by Gasteiger charge is 2.52. The minimum absolute atomic E-state index is 0.00234. The molecule has 32 heavy (non-hydrogen) atoms. The Bertz CT molecular complexity index is 633. The molecular weight excluding hydrogens is 404 g/mol. The second kappa shape index (κ2) is 10.2. The predicted octanol–water partition coefficient (Wildman–Crippen LogP) is -0.0629. The van der Waals surface area contributed by atoms with Gasteiger partial charge in [0.1, 0.15) is 6.29 Å². The SMILES string of the molecule is CC(C)CCN1C(=O)C2CCCCC2N2C(CN3CCN(C4NCCCN4)CC3)NNC12. The van der Waals surface area contributed by atoms with Crippen LogP contribution in [0.1, 0.15) is 52.4 Å². The fourth-order valence-corrected chi connectivity index (χ4v) is 6.35. The highest BCUT2D eigenvalue weighted by Crippen LogP contribution is 2.38. The van der Waals surface area contributed by atoms with Gasteiger partial charge in [0.25, 0.3) is 0 Å². The zero-order valence-electron chi connectivity index (χ0n) is 20.1. The lowest BCUT2D eigenvalue weighted by Crippen LogP contribution is -2.68. The molecule has 4 heterocycles. The van der Waals surface area contributed by atoms with Gasteiger partial charge in [-0.2, -0.15) is 0 Å². The van der Waals surface area contributed by atoms with Gasteiger partial charge in [-0.15, -0.1) is 0 Å². The second-order valence-corrected chi connectivity index (χ2v) is 10.8. The second-order valence-electron chi connectivity index (χ2n) is 10.8. The Morgan fingerprint density at radius 3 is 2.47 bits per heavy atom. The van der Waals surface area contributed by atoms with Crippen LogP contribution in [0.5, 0.6) is 0 Å². The average Bonchev–Trinajstić information content (AvgIpc) is 3.23. The van der Waals surface area contributed by atoms with E-state index in [-0.39, 0.29) is 18.4 Å². The number of piperazine rings is 1. The van der Waals surface area contributed by atoms with Crippen molar-refractivity contribution in [1.82, 2.24) is 41.1 Å². The minimum Gasteiger partial charge on any atom is -0.313 e. The molecule has 182 valence electrons. The van der Waals surface area contributed by atoms with E-state index in [4.69, 9.17) is 0 Å². The molecule has 4 saturated heterocycles. The largest absolute Gasteiger partial charge is 0.313 e. The highest BCUT2D eigenvalue weighted by atomic mass is 16.2. The molecule has 4 aliphatic heterocycles. The lowest BCUT2D eigenvalue weighted by atomic mass is 9.80. The van der Waals surface area contributed by atoms with Crippen molar-refractivity contribution in [3.05, 3.63) is 0 Å². The molecule has 1 aliphatic carbocycles. The monoisotopic (exact) mass is 448 g/mol. The quantitative estimate of drug-likeness (QED) is 0.450. The van der Waals surface area contributed by atoms with Crippen molar-refractivity contribution < 1.29 is 4.79 Å². The van der Waals surface area contributed by atoms with E-state index in [1.165, 1.54) is 19.3 Å². The zero-order valence-corrected chi connectivity index (χ0v) is 20.1. The smallest absolute Gasteiger partial charge is 0.229 e. The van der Waals surface area contributed by atoms with Crippen molar-refractivity contribution in [3.63, 3.8) is 0 Å². The molecule has 0 aromatic heterocycles. The van der Waals surface area contributed by atoms with Crippen molar-refractivity contribution in [3.8, 4) is 0 Å². The van der Waals surface area contributed by atoms with E-state index in [1.54, 1.807) is 0 Å². The Balaban J connectivity index is 1.22. The van der Waals surface area contributed by atoms with E-state index in [0.717, 1.165) is 71.6 Å². The molecular formula is C23H44N8O. The van der Waals surface area contributed by atoms with Gasteiger partial charge in [-0.25, -0.2) is 15.8 Å². The Kier molecular flexibility index (Phi) is 7.33. The molecule has 0 spiro atoms. The highest BCUT2D eigenvalue weighted by molar-refractivity contribution is 5.81. The lowest BCUT2D eigenvalue weighted by Gasteiger charge is -2.51. The molecule has 0 bridgehead atoms. The number of hydrazine groups is 1. The molecule has 0 aromatic rings. The molecule has 1 saturated carbocycles. The van der Waals surface area contributed by atoms with Gasteiger partial charge in [0.15, 0.2) is 6.29 Å². The molecule has 5 rings (SSSR count). The van der Waals surface area contributed by atoms with Crippen molar-refractivity contribution in [2.24, 2.45) is 11.8 Å². The number of hydrogen-bond acceptors (Lipinski definition) is 8. The molecule has 0 radical (unpaired) electrons. The fourth-order valence-electron chi connectivity index (χ4n) is 6.35. The van der Waals surface area contributed by atoms with Crippen LogP contribution in [0.4, 0.5) is 0 Å². The van der Waals surface area contributed by atoms with Crippen LogP contribution in [0.15, 0.2) is 0 Å². The van der Waals surface area contributed by atoms with E-state index in [2.05, 4.69) is 54.9 Å². The van der Waals surface area contributed by atoms with E-state index >= 15 is 0 Å². The van der Waals surface area contributed by atoms with Crippen molar-refractivity contribution in [2.45, 2.75) is 77.2 Å². The van der Waals surface area contributed by atoms with Crippen LogP contribution in [-0.2, 0) is 4.79 Å². The van der Waals surface area contributed by atoms with Crippen molar-refractivity contribution in [2.75, 3.05) is 52.4 Å². The normalized spacial score (nSPS) is 36.0. The standard InChI is InChI=1S/C23H44N8O/c1-17(2)8-11-30-21(32)18-6-3-4-7-19(18)31-20(26-27-23(30)31)16-28-12-14-29(15-13-28)22-24-9-5-10-25-22/h17-20,22-27H,3-16H2,1-2H3. The molecule has 5 fully saturated rings. The van der Waals surface area contributed by atoms with E-state index < -0.39 is 0 Å². The number of carbonyl (C=O) groups is 1. The number of rotatable bonds is 6. The lowest BCUT2D eigenvalue weighted by molar-refractivity contribution is -0.162. The topological polar surface area (TPSA) is 78.2 Å². The van der Waals surface area contributed by atoms with Gasteiger partial charge in [0, 0.05) is 45.3 Å². The first-order valence-electron chi connectivity index (χ1n) is 13.1. The van der Waals surface area contributed by atoms with Crippen molar-refractivity contribution in [1.29, 1.82) is 0 Å². The van der Waals surface area contributed by atoms with Gasteiger partial charge in [-0.3, -0.25) is 25.2 Å². The van der Waals surface area contributed by atoms with Crippen LogP contribution >= 0.6 is 0 Å². The third-order valence-corrected chi connectivity index (χ3v) is 8.21. The first kappa shape index (κ1) is 23.0. The summed E-state index contributed by atoms with van der Waals surface area (Å²) in [4.78, 5) is 23.3. The van der Waals surface area contributed by atoms with Gasteiger partial charge < -0.3 is 4.90 Å². The molecule has 4 N–H and O–H groups in total. The van der Waals surface area contributed by atoms with Gasteiger partial charge in [-0.1, -0.05) is 26.7 Å². The summed E-state index contributed by atoms with van der Waals surface area (Å²) in [5.74, 6) is 1.17. The maximum atomic E-state index is 13.4. The number of carbonyl (C=O) groups excluding carboxylic acids is 1. The van der Waals surface area contributed by atoms with Crippen LogP contribution in [0.2, 0.25) is 0 Å². The molecule has 0 aromatic carbocycles. The Labute approximate surface area is 193 Å². The van der Waals surface area contributed by atoms with Crippen LogP contribution < -0.4 is 21.5 Å². The summed E-state index contributed by atoms with van der Waals surface area (Å²) >= 11 is 0. The van der Waals surface area contributed by atoms with E-state index in [0.29, 0.717) is 24.2 Å². The summed E-state index contributed by atoms with van der Waals surface area (Å²) in [6.07, 6.45) is 7.52. The number of nitrogens with zero attached hydrogens (tertiary/aromatic N) is 4. The molecule has 4 unspecified atom stereocenters. The molecule has 9 nitrogen and oxygen atoms in total. The summed E-state index contributed by atoms with van der Waals surface area (Å²) in [7, 11) is 0. The Morgan fingerprint density at radius 2 is 1.72 bits per heavy atom. The van der Waals surface area contributed by atoms with Crippen LogP contribution in [0, 0.1) is 11.8 Å². The van der Waals surface area contributed by atoms with E-state index in [1.807, 2.05) is 0 Å². The summed E-state index contributed by atoms with van der Waals surface area (Å²) in [6.45, 7) is 13.0. The Morgan fingerprint density at radius 1 is 0.969 bits per heavy atom. The zero-order chi connectivity index (χ0) is 22.1. The maximum Gasteiger partial charge on any atom is 0.229 e. The first-order chi connectivity index (χ1) is 15.6. The third kappa shape index (κ3) is 4.71. The van der Waals surface area contributed by atoms with E-state index in [9.17, 15) is 4.79 Å². The van der Waals surface area contributed by atoms with Gasteiger partial charge in [-0.05, 0) is 44.7 Å². The maximum absolute atomic E-state index is 13.4. The van der Waals surface area contributed by atoms with Gasteiger partial charge in [0.2, 0.25) is 5.91 Å². The molecule has 9 heteroatoms. The molecule has 4 atom stereocenters. The first-order valence-corrected chi connectivity index (χ1v) is 13.1. The summed E-state index contributed by atoms with van der Waals surface area (Å²) < 4.78 is 0. The van der Waals surface area contributed by atoms with Gasteiger partial charge >= 0.3 is 0 Å². The van der Waals surface area contributed by atoms with Crippen LogP contribution in [-0.4, -0.2) is 103 Å². The van der Waals surface area contributed by atoms with Crippen LogP contribution in [0.25, 0.3) is 0 Å². The summed E-state index contributed by atoms with van der Waals surface area (Å²) in [6, 6.07) is 0.376. The molecule has 1 amide bonds. The number of hydrogen-bond donors (Lipinski definition) is 4. The summed E-state index contributed by atoms with van der Waals surface area (Å²) in [5, 5.41) is 7.20. The number of fused-ring (bicyclic) bond motifs is 3. The fraction of sp³-hybridized carbons (Fsp3) is 0.957. The summed E-state index contributed by atoms with van der Waals surface area (Å²) in [5.41, 5.74) is 7.11. The number of amides is 1. The number of nitrogens with one attached hydrogen (secondary N) is 4. The van der Waals surface area contributed by atoms with Crippen LogP contribution in [0.3, 0.4) is 0 Å². The van der Waals surface area contributed by atoms with Gasteiger partial charge in [0.05, 0.1) is 12.1 Å². The Hall–Kier alpha value is -0.810. The average molecular weight is 449 g/mol. The van der Waals surface area contributed by atoms with Crippen molar-refractivity contribution >= 4 is 5.91 Å². The minimum atomic E-state index is 0.00234. The predicted molar refractivity (Wildman–Crippen MR) is 125 cm³/mol.